The Morgan fingerprint density at radius 3 is 2.45 bits per heavy atom. The average Bonchev–Trinajstić information content (AvgIpc) is 3.24. The summed E-state index contributed by atoms with van der Waals surface area (Å²) >= 11 is 1.59. The fraction of sp³-hybridized carbons (Fsp3) is 0.250. The summed E-state index contributed by atoms with van der Waals surface area (Å²) in [5.74, 6) is -0.272. The van der Waals surface area contributed by atoms with Crippen molar-refractivity contribution in [3.63, 3.8) is 0 Å². The molecule has 0 fully saturated rings. The van der Waals surface area contributed by atoms with E-state index in [1.54, 1.807) is 11.3 Å². The van der Waals surface area contributed by atoms with Crippen molar-refractivity contribution in [3.05, 3.63) is 88.1 Å². The third-order valence-electron chi connectivity index (χ3n) is 5.16. The van der Waals surface area contributed by atoms with Crippen molar-refractivity contribution in [2.45, 2.75) is 25.8 Å². The van der Waals surface area contributed by atoms with Crippen molar-refractivity contribution in [3.8, 4) is 0 Å². The lowest BCUT2D eigenvalue weighted by Gasteiger charge is -2.42. The minimum absolute atomic E-state index is 0.00328. The topological polar surface area (TPSA) is 49.4 Å². The number of carbonyl (C=O) groups is 2. The Bertz CT molecular complexity index is 999. The van der Waals surface area contributed by atoms with E-state index in [1.165, 1.54) is 0 Å². The summed E-state index contributed by atoms with van der Waals surface area (Å²) in [4.78, 5) is 29.8. The Balaban J connectivity index is 1.82. The molecule has 148 valence electrons. The summed E-state index contributed by atoms with van der Waals surface area (Å²) in [5.41, 5.74) is 2.17. The number of rotatable bonds is 5. The van der Waals surface area contributed by atoms with Crippen molar-refractivity contribution in [1.29, 1.82) is 0 Å². The number of nitrogens with zero attached hydrogens (tertiary/aromatic N) is 1. The van der Waals surface area contributed by atoms with Gasteiger partial charge in [-0.1, -0.05) is 56.3 Å². The largest absolute Gasteiger partial charge is 0.329 e. The fourth-order valence-corrected chi connectivity index (χ4v) is 4.86. The normalized spacial score (nSPS) is 18.6. The van der Waals surface area contributed by atoms with E-state index in [0.717, 1.165) is 16.1 Å². The van der Waals surface area contributed by atoms with Crippen molar-refractivity contribution < 1.29 is 9.59 Å². The number of hydrogen-bond acceptors (Lipinski definition) is 3. The summed E-state index contributed by atoms with van der Waals surface area (Å²) in [6.45, 7) is 4.79. The van der Waals surface area contributed by atoms with Crippen molar-refractivity contribution in [1.82, 2.24) is 4.90 Å². The van der Waals surface area contributed by atoms with E-state index in [9.17, 15) is 9.59 Å². The number of thiophene rings is 1. The minimum Gasteiger partial charge on any atom is -0.329 e. The molecule has 0 bridgehead atoms. The van der Waals surface area contributed by atoms with Gasteiger partial charge in [0.2, 0.25) is 5.91 Å². The highest BCUT2D eigenvalue weighted by atomic mass is 32.1. The Labute approximate surface area is 175 Å². The van der Waals surface area contributed by atoms with Crippen LogP contribution in [0.4, 0.5) is 5.69 Å². The molecule has 2 heterocycles. The van der Waals surface area contributed by atoms with E-state index in [4.69, 9.17) is 0 Å². The van der Waals surface area contributed by atoms with Crippen LogP contribution in [0.25, 0.3) is 0 Å². The second kappa shape index (κ2) is 8.21. The Morgan fingerprint density at radius 2 is 1.76 bits per heavy atom. The molecule has 0 aliphatic carbocycles. The van der Waals surface area contributed by atoms with Crippen LogP contribution in [0.15, 0.2) is 72.1 Å². The number of amides is 2. The van der Waals surface area contributed by atoms with Gasteiger partial charge < -0.3 is 10.2 Å². The Hall–Kier alpha value is -2.92. The molecule has 29 heavy (non-hydrogen) atoms. The SMILES string of the molecule is CC(C)CN1C(=O)c2ccccc2[C@@H](C(=O)Nc2ccccc2)[C@H]1c1cccs1. The molecule has 4 rings (SSSR count). The lowest BCUT2D eigenvalue weighted by Crippen LogP contribution is -2.47. The van der Waals surface area contributed by atoms with Gasteiger partial charge in [-0.15, -0.1) is 11.3 Å². The predicted molar refractivity (Wildman–Crippen MR) is 117 cm³/mol. The van der Waals surface area contributed by atoms with Gasteiger partial charge in [0.05, 0.1) is 12.0 Å². The van der Waals surface area contributed by atoms with Crippen LogP contribution in [0.2, 0.25) is 0 Å². The highest BCUT2D eigenvalue weighted by molar-refractivity contribution is 7.10. The Morgan fingerprint density at radius 1 is 1.03 bits per heavy atom. The zero-order valence-corrected chi connectivity index (χ0v) is 17.4. The molecule has 0 spiro atoms. The van der Waals surface area contributed by atoms with E-state index < -0.39 is 5.92 Å². The first kappa shape index (κ1) is 19.4. The molecule has 2 aromatic carbocycles. The summed E-state index contributed by atoms with van der Waals surface area (Å²) < 4.78 is 0. The van der Waals surface area contributed by atoms with Gasteiger partial charge in [0.25, 0.3) is 5.91 Å². The molecule has 0 saturated heterocycles. The molecular formula is C24H24N2O2S. The maximum absolute atomic E-state index is 13.5. The number of carbonyl (C=O) groups excluding carboxylic acids is 2. The maximum Gasteiger partial charge on any atom is 0.254 e. The molecule has 0 saturated carbocycles. The summed E-state index contributed by atoms with van der Waals surface area (Å²) in [6, 6.07) is 20.7. The van der Waals surface area contributed by atoms with Crippen molar-refractivity contribution in [2.75, 3.05) is 11.9 Å². The van der Waals surface area contributed by atoms with Crippen LogP contribution >= 0.6 is 11.3 Å². The van der Waals surface area contributed by atoms with E-state index in [0.29, 0.717) is 18.0 Å². The zero-order chi connectivity index (χ0) is 20.4. The summed E-state index contributed by atoms with van der Waals surface area (Å²) in [7, 11) is 0. The lowest BCUT2D eigenvalue weighted by molar-refractivity contribution is -0.119. The molecule has 3 aromatic rings. The maximum atomic E-state index is 13.5. The third-order valence-corrected chi connectivity index (χ3v) is 6.10. The lowest BCUT2D eigenvalue weighted by atomic mass is 9.81. The van der Waals surface area contributed by atoms with Gasteiger partial charge in [0, 0.05) is 22.7 Å². The molecule has 5 heteroatoms. The number of nitrogens with one attached hydrogen (secondary N) is 1. The van der Waals surface area contributed by atoms with E-state index in [1.807, 2.05) is 77.0 Å². The van der Waals surface area contributed by atoms with Crippen LogP contribution in [0.1, 0.15) is 46.6 Å². The molecular weight excluding hydrogens is 380 g/mol. The molecule has 2 amide bonds. The zero-order valence-electron chi connectivity index (χ0n) is 16.5. The minimum atomic E-state index is -0.471. The molecule has 1 aliphatic rings. The van der Waals surface area contributed by atoms with Crippen LogP contribution in [-0.4, -0.2) is 23.3 Å². The molecule has 1 N–H and O–H groups in total. The van der Waals surface area contributed by atoms with E-state index in [-0.39, 0.29) is 17.9 Å². The highest BCUT2D eigenvalue weighted by Gasteiger charge is 2.44. The van der Waals surface area contributed by atoms with Gasteiger partial charge in [-0.25, -0.2) is 0 Å². The van der Waals surface area contributed by atoms with E-state index in [2.05, 4.69) is 19.2 Å². The highest BCUT2D eigenvalue weighted by Crippen LogP contribution is 2.44. The van der Waals surface area contributed by atoms with Crippen LogP contribution in [0.3, 0.4) is 0 Å². The molecule has 2 atom stereocenters. The monoisotopic (exact) mass is 404 g/mol. The molecule has 0 unspecified atom stereocenters. The van der Waals surface area contributed by atoms with Crippen molar-refractivity contribution >= 4 is 28.8 Å². The first-order valence-corrected chi connectivity index (χ1v) is 10.7. The van der Waals surface area contributed by atoms with Gasteiger partial charge in [0.15, 0.2) is 0 Å². The van der Waals surface area contributed by atoms with Crippen molar-refractivity contribution in [2.24, 2.45) is 5.92 Å². The van der Waals surface area contributed by atoms with Gasteiger partial charge in [0.1, 0.15) is 0 Å². The van der Waals surface area contributed by atoms with Crippen LogP contribution in [-0.2, 0) is 4.79 Å². The average molecular weight is 405 g/mol. The standard InChI is InChI=1S/C24H24N2O2S/c1-16(2)15-26-22(20-13-8-14-29-20)21(18-11-6-7-12-19(18)24(26)28)23(27)25-17-9-4-3-5-10-17/h3-14,16,21-22H,15H2,1-2H3,(H,25,27)/t21-,22-/m1/s1. The predicted octanol–water partition coefficient (Wildman–Crippen LogP) is 5.32. The van der Waals surface area contributed by atoms with Gasteiger partial charge >= 0.3 is 0 Å². The van der Waals surface area contributed by atoms with Crippen LogP contribution in [0, 0.1) is 5.92 Å². The summed E-state index contributed by atoms with van der Waals surface area (Å²) in [6.07, 6.45) is 0. The first-order valence-electron chi connectivity index (χ1n) is 9.85. The number of benzene rings is 2. The number of anilines is 1. The van der Waals surface area contributed by atoms with Gasteiger partial charge in [-0.2, -0.15) is 0 Å². The second-order valence-electron chi connectivity index (χ2n) is 7.73. The molecule has 1 aromatic heterocycles. The molecule has 1 aliphatic heterocycles. The fourth-order valence-electron chi connectivity index (χ4n) is 3.99. The molecule has 0 radical (unpaired) electrons. The number of hydrogen-bond donors (Lipinski definition) is 1. The molecule has 4 nitrogen and oxygen atoms in total. The van der Waals surface area contributed by atoms with E-state index >= 15 is 0 Å². The second-order valence-corrected chi connectivity index (χ2v) is 8.71. The van der Waals surface area contributed by atoms with Gasteiger partial charge in [-0.3, -0.25) is 9.59 Å². The van der Waals surface area contributed by atoms with Gasteiger partial charge in [-0.05, 0) is 41.1 Å². The summed E-state index contributed by atoms with van der Waals surface area (Å²) in [5, 5.41) is 5.06. The smallest absolute Gasteiger partial charge is 0.254 e. The quantitative estimate of drug-likeness (QED) is 0.625. The number of para-hydroxylation sites is 1. The first-order chi connectivity index (χ1) is 14.1. The van der Waals surface area contributed by atoms with Crippen LogP contribution < -0.4 is 5.32 Å². The van der Waals surface area contributed by atoms with Crippen LogP contribution in [0.5, 0.6) is 0 Å². The number of fused-ring (bicyclic) bond motifs is 1. The third kappa shape index (κ3) is 3.83. The Kier molecular flexibility index (Phi) is 5.49.